The van der Waals surface area contributed by atoms with E-state index < -0.39 is 10.8 Å². The van der Waals surface area contributed by atoms with E-state index >= 15 is 0 Å². The van der Waals surface area contributed by atoms with Crippen LogP contribution in [0.3, 0.4) is 0 Å². The fourth-order valence-corrected chi connectivity index (χ4v) is 2.84. The molecule has 1 aromatic heterocycles. The zero-order chi connectivity index (χ0) is 21.0. The van der Waals surface area contributed by atoms with Gasteiger partial charge in [-0.3, -0.25) is 24.7 Å². The number of amides is 2. The summed E-state index contributed by atoms with van der Waals surface area (Å²) < 4.78 is 0. The van der Waals surface area contributed by atoms with Gasteiger partial charge in [-0.1, -0.05) is 24.3 Å². The molecule has 0 fully saturated rings. The van der Waals surface area contributed by atoms with Crippen molar-refractivity contribution in [2.75, 3.05) is 10.6 Å². The van der Waals surface area contributed by atoms with Gasteiger partial charge in [0.25, 0.3) is 17.5 Å². The lowest BCUT2D eigenvalue weighted by molar-refractivity contribution is -0.384. The molecule has 0 bridgehead atoms. The number of aromatic nitrogens is 1. The number of carbonyl (C=O) groups excluding carboxylic acids is 2. The highest BCUT2D eigenvalue weighted by atomic mass is 16.6. The molecule has 29 heavy (non-hydrogen) atoms. The minimum atomic E-state index is -0.540. The van der Waals surface area contributed by atoms with E-state index in [1.165, 1.54) is 18.2 Å². The first-order valence-electron chi connectivity index (χ1n) is 8.75. The van der Waals surface area contributed by atoms with E-state index in [-0.39, 0.29) is 28.5 Å². The minimum Gasteiger partial charge on any atom is -0.322 e. The van der Waals surface area contributed by atoms with Gasteiger partial charge in [-0.25, -0.2) is 0 Å². The molecule has 8 heteroatoms. The number of nitro groups is 1. The van der Waals surface area contributed by atoms with E-state index in [9.17, 15) is 19.7 Å². The normalized spacial score (nSPS) is 10.3. The molecule has 0 saturated heterocycles. The Hall–Kier alpha value is -4.07. The Bertz CT molecular complexity index is 1100. The first-order valence-corrected chi connectivity index (χ1v) is 8.75. The van der Waals surface area contributed by atoms with Crippen molar-refractivity contribution in [2.24, 2.45) is 0 Å². The van der Waals surface area contributed by atoms with Gasteiger partial charge in [-0.05, 0) is 38.1 Å². The van der Waals surface area contributed by atoms with Gasteiger partial charge < -0.3 is 10.6 Å². The zero-order valence-electron chi connectivity index (χ0n) is 15.8. The molecular weight excluding hydrogens is 372 g/mol. The maximum absolute atomic E-state index is 12.9. The number of rotatable bonds is 5. The highest BCUT2D eigenvalue weighted by Crippen LogP contribution is 2.24. The molecule has 146 valence electrons. The molecule has 0 unspecified atom stereocenters. The molecular formula is C21H18N4O4. The average Bonchev–Trinajstić information content (AvgIpc) is 2.70. The van der Waals surface area contributed by atoms with Gasteiger partial charge in [0.2, 0.25) is 0 Å². The van der Waals surface area contributed by atoms with Gasteiger partial charge in [0, 0.05) is 29.1 Å². The van der Waals surface area contributed by atoms with Crippen molar-refractivity contribution in [2.45, 2.75) is 13.8 Å². The molecule has 0 atom stereocenters. The van der Waals surface area contributed by atoms with Crippen LogP contribution >= 0.6 is 0 Å². The van der Waals surface area contributed by atoms with E-state index in [4.69, 9.17) is 0 Å². The molecule has 0 aliphatic rings. The summed E-state index contributed by atoms with van der Waals surface area (Å²) in [4.78, 5) is 40.2. The molecule has 0 saturated carbocycles. The quantitative estimate of drug-likeness (QED) is 0.503. The lowest BCUT2D eigenvalue weighted by Gasteiger charge is -2.15. The topological polar surface area (TPSA) is 114 Å². The number of anilines is 2. The SMILES string of the molecule is Cc1cc(C(=O)Nc2cccc([N+](=O)[O-])c2)c(NC(=O)c2ccccc2)c(C)n1. The Balaban J connectivity index is 1.92. The first-order chi connectivity index (χ1) is 13.8. The van der Waals surface area contributed by atoms with Crippen LogP contribution in [-0.2, 0) is 0 Å². The Morgan fingerprint density at radius 2 is 1.66 bits per heavy atom. The van der Waals surface area contributed by atoms with Crippen LogP contribution in [0.1, 0.15) is 32.1 Å². The maximum atomic E-state index is 12.9. The van der Waals surface area contributed by atoms with Crippen LogP contribution in [0.25, 0.3) is 0 Å². The summed E-state index contributed by atoms with van der Waals surface area (Å²) in [5.41, 5.74) is 2.16. The van der Waals surface area contributed by atoms with Crippen molar-refractivity contribution in [3.05, 3.63) is 93.3 Å². The Morgan fingerprint density at radius 3 is 2.34 bits per heavy atom. The highest BCUT2D eigenvalue weighted by molar-refractivity contribution is 6.13. The Kier molecular flexibility index (Phi) is 5.64. The number of pyridine rings is 1. The molecule has 0 aliphatic heterocycles. The molecule has 8 nitrogen and oxygen atoms in total. The van der Waals surface area contributed by atoms with Crippen LogP contribution < -0.4 is 10.6 Å². The molecule has 0 aliphatic carbocycles. The van der Waals surface area contributed by atoms with Crippen LogP contribution in [0.15, 0.2) is 60.7 Å². The fraction of sp³-hybridized carbons (Fsp3) is 0.0952. The number of non-ortho nitro benzene ring substituents is 1. The molecule has 3 rings (SSSR count). The van der Waals surface area contributed by atoms with E-state index in [0.29, 0.717) is 17.0 Å². The summed E-state index contributed by atoms with van der Waals surface area (Å²) in [5, 5.41) is 16.3. The fourth-order valence-electron chi connectivity index (χ4n) is 2.84. The molecule has 2 amide bonds. The maximum Gasteiger partial charge on any atom is 0.271 e. The van der Waals surface area contributed by atoms with Crippen LogP contribution in [0.4, 0.5) is 17.1 Å². The van der Waals surface area contributed by atoms with E-state index in [1.807, 2.05) is 0 Å². The number of benzene rings is 2. The Labute approximate surface area is 166 Å². The Morgan fingerprint density at radius 1 is 0.931 bits per heavy atom. The molecule has 1 heterocycles. The van der Waals surface area contributed by atoms with Crippen molar-refractivity contribution < 1.29 is 14.5 Å². The van der Waals surface area contributed by atoms with Gasteiger partial charge in [0.15, 0.2) is 0 Å². The largest absolute Gasteiger partial charge is 0.322 e. The lowest BCUT2D eigenvalue weighted by atomic mass is 10.1. The van der Waals surface area contributed by atoms with E-state index in [0.717, 1.165) is 0 Å². The summed E-state index contributed by atoms with van der Waals surface area (Å²) in [7, 11) is 0. The second-order valence-corrected chi connectivity index (χ2v) is 6.35. The molecule has 0 spiro atoms. The van der Waals surface area contributed by atoms with Gasteiger partial charge >= 0.3 is 0 Å². The van der Waals surface area contributed by atoms with Crippen molar-refractivity contribution in [1.29, 1.82) is 0 Å². The average molecular weight is 390 g/mol. The number of nitro benzene ring substituents is 1. The first kappa shape index (κ1) is 19.7. The molecule has 3 aromatic rings. The number of hydrogen-bond acceptors (Lipinski definition) is 5. The zero-order valence-corrected chi connectivity index (χ0v) is 15.8. The predicted octanol–water partition coefficient (Wildman–Crippen LogP) is 4.11. The number of hydrogen-bond donors (Lipinski definition) is 2. The van der Waals surface area contributed by atoms with Gasteiger partial charge in [0.05, 0.1) is 21.9 Å². The third-order valence-electron chi connectivity index (χ3n) is 4.16. The summed E-state index contributed by atoms with van der Waals surface area (Å²) in [6.07, 6.45) is 0. The summed E-state index contributed by atoms with van der Waals surface area (Å²) in [6.45, 7) is 3.43. The standard InChI is InChI=1S/C21H18N4O4/c1-13-11-18(21(27)23-16-9-6-10-17(12-16)25(28)29)19(14(2)22-13)24-20(26)15-7-4-3-5-8-15/h3-12H,1-2H3,(H,23,27)(H,24,26). The summed E-state index contributed by atoms with van der Waals surface area (Å²) in [6, 6.07) is 15.8. The second kappa shape index (κ2) is 8.30. The number of carbonyl (C=O) groups is 2. The lowest BCUT2D eigenvalue weighted by Crippen LogP contribution is -2.20. The monoisotopic (exact) mass is 390 g/mol. The van der Waals surface area contributed by atoms with Gasteiger partial charge in [0.1, 0.15) is 0 Å². The third-order valence-corrected chi connectivity index (χ3v) is 4.16. The van der Waals surface area contributed by atoms with Crippen molar-refractivity contribution in [1.82, 2.24) is 4.98 Å². The van der Waals surface area contributed by atoms with Crippen LogP contribution in [-0.4, -0.2) is 21.7 Å². The molecule has 0 radical (unpaired) electrons. The van der Waals surface area contributed by atoms with Crippen molar-refractivity contribution in [3.8, 4) is 0 Å². The van der Waals surface area contributed by atoms with Gasteiger partial charge in [-0.2, -0.15) is 0 Å². The van der Waals surface area contributed by atoms with E-state index in [1.54, 1.807) is 56.3 Å². The third kappa shape index (κ3) is 4.62. The smallest absolute Gasteiger partial charge is 0.271 e. The van der Waals surface area contributed by atoms with Crippen LogP contribution in [0.2, 0.25) is 0 Å². The van der Waals surface area contributed by atoms with Crippen molar-refractivity contribution >= 4 is 28.9 Å². The van der Waals surface area contributed by atoms with E-state index in [2.05, 4.69) is 15.6 Å². The number of nitrogens with one attached hydrogen (secondary N) is 2. The van der Waals surface area contributed by atoms with Crippen molar-refractivity contribution in [3.63, 3.8) is 0 Å². The number of aryl methyl sites for hydroxylation is 2. The highest BCUT2D eigenvalue weighted by Gasteiger charge is 2.19. The molecule has 2 aromatic carbocycles. The summed E-state index contributed by atoms with van der Waals surface area (Å²) >= 11 is 0. The predicted molar refractivity (Wildman–Crippen MR) is 109 cm³/mol. The second-order valence-electron chi connectivity index (χ2n) is 6.35. The van der Waals surface area contributed by atoms with Crippen LogP contribution in [0, 0.1) is 24.0 Å². The summed E-state index contributed by atoms with van der Waals surface area (Å²) in [5.74, 6) is -0.883. The minimum absolute atomic E-state index is 0.137. The molecule has 2 N–H and O–H groups in total. The van der Waals surface area contributed by atoms with Gasteiger partial charge in [-0.15, -0.1) is 0 Å². The number of nitrogens with zero attached hydrogens (tertiary/aromatic N) is 2. The van der Waals surface area contributed by atoms with Crippen LogP contribution in [0.5, 0.6) is 0 Å².